The van der Waals surface area contributed by atoms with E-state index >= 15 is 0 Å². The molecule has 20 rings (SSSR count). The Bertz CT molecular complexity index is 6740. The third-order valence-electron chi connectivity index (χ3n) is 24.3. The lowest BCUT2D eigenvalue weighted by atomic mass is 9.78. The Morgan fingerprint density at radius 3 is 1.14 bits per heavy atom. The van der Waals surface area contributed by atoms with Crippen molar-refractivity contribution < 1.29 is 110 Å². The lowest BCUT2D eigenvalue weighted by Gasteiger charge is -2.51. The lowest BCUT2D eigenvalue weighted by Crippen LogP contribution is -2.71. The molecule has 0 aromatic heterocycles. The van der Waals surface area contributed by atoms with Crippen molar-refractivity contribution in [1.82, 2.24) is 5.32 Å². The van der Waals surface area contributed by atoms with Crippen LogP contribution in [0.1, 0.15) is 72.3 Å². The first-order valence-corrected chi connectivity index (χ1v) is 46.0. The number of alkyl halides is 12. The number of isocyanates is 1. The molecular weight excluding hydrogens is 1980 g/mol. The summed E-state index contributed by atoms with van der Waals surface area (Å²) in [5.41, 5.74) is 9.83. The number of benzene rings is 12. The van der Waals surface area contributed by atoms with Crippen molar-refractivity contribution in [2.75, 3.05) is 112 Å². The number of carbonyl (C=O) groups is 6. The van der Waals surface area contributed by atoms with Crippen LogP contribution in [0.15, 0.2) is 306 Å². The van der Waals surface area contributed by atoms with Gasteiger partial charge in [0.15, 0.2) is 22.7 Å². The van der Waals surface area contributed by atoms with Crippen LogP contribution in [0.2, 0.25) is 0 Å². The molecule has 0 radical (unpaired) electrons. The van der Waals surface area contributed by atoms with Gasteiger partial charge in [0.25, 0.3) is 5.91 Å². The standard InChI is InChI=1S/C27H24F3N5O2.C26H23F3N2O3.C19H15F3N2O3.C11H9F3N2O.C8H7NO.C7H7Br.C7H9N.C3H4O2/c1-17-3-9-20(10-4-17)32-24(36)33-23-26(15-31-16-26)35(22-13-7-19(8-14-22)27(28,29)30)25(37)34(23)21-11-5-18(2)6-12-21;1-17-6-10-22(11-7-17)31-23(32)30(21-12-8-19(9-13-21)26(27,28)29)24(15-34-16-24)25(31,33)20-5-3-4-18(2)14-20;1-12-2-6-14(7-3-12)23-16(25)18(10-27-11-18)24(17(23)26)15-8-4-13(5-9-15)19(20,21)22;12-11(13,14)8-1-3-9(4-2-8)16-10(5-15)6-17-7-10;1-7-2-4-8(5-3-7)9-6-10;1-6-3-2-4-7(8)5-6;1-6-2-4-7(8)5-3-6;4-3-1-5-2-3/h3-14,31H,15-16H2,1-2H3,(H,32,36);3-14,33H,15-16H2,1-2H3;2-9H,10-11H2,1H3;1-4,16H,6-7H2;2-5H,1H3;2-5H,1H3;2-5H,8H2,1H3;1-2H2. The Hall–Kier alpha value is -15.2. The molecule has 8 fully saturated rings. The summed E-state index contributed by atoms with van der Waals surface area (Å²) >= 11 is 3.36. The molecule has 25 nitrogen and oxygen atoms in total. The number of carbonyl (C=O) groups excluding carboxylic acids is 7. The number of hydrogen-bond donors (Lipinski definition) is 5. The van der Waals surface area contributed by atoms with E-state index in [0.717, 1.165) is 97.0 Å². The van der Waals surface area contributed by atoms with Gasteiger partial charge < -0.3 is 45.7 Å². The molecular formula is C108H98BrF12N13O12. The van der Waals surface area contributed by atoms with Gasteiger partial charge in [-0.1, -0.05) is 170 Å². The first kappa shape index (κ1) is 108. The fraction of sp³-hybridized carbons (Fsp3) is 0.250. The predicted octanol–water partition coefficient (Wildman–Crippen LogP) is 23.2. The van der Waals surface area contributed by atoms with Crippen LogP contribution in [0, 0.1) is 66.7 Å². The van der Waals surface area contributed by atoms with Gasteiger partial charge in [0.1, 0.15) is 24.3 Å². The van der Waals surface area contributed by atoms with Crippen LogP contribution >= 0.6 is 15.9 Å². The topological polar surface area (TPSA) is 307 Å². The highest BCUT2D eigenvalue weighted by Crippen LogP contribution is 2.55. The monoisotopic (exact) mass is 2080 g/mol. The van der Waals surface area contributed by atoms with Crippen LogP contribution in [0.25, 0.3) is 0 Å². The Morgan fingerprint density at radius 2 is 0.788 bits per heavy atom. The van der Waals surface area contributed by atoms with Crippen LogP contribution in [-0.4, -0.2) is 141 Å². The molecule has 3 spiro atoms. The van der Waals surface area contributed by atoms with Crippen LogP contribution in [0.5, 0.6) is 0 Å². The number of aliphatic imine (C=N–C) groups is 2. The summed E-state index contributed by atoms with van der Waals surface area (Å²) in [5, 5.41) is 30.1. The summed E-state index contributed by atoms with van der Waals surface area (Å²) in [5.74, 6) is -0.0305. The number of urea groups is 4. The minimum absolute atomic E-state index is 0.000949. The van der Waals surface area contributed by atoms with E-state index in [9.17, 15) is 91.4 Å². The van der Waals surface area contributed by atoms with Gasteiger partial charge in [-0.2, -0.15) is 67.9 Å². The molecule has 8 aliphatic heterocycles. The van der Waals surface area contributed by atoms with Gasteiger partial charge >= 0.3 is 48.8 Å². The minimum atomic E-state index is -4.50. The van der Waals surface area contributed by atoms with E-state index in [-0.39, 0.29) is 81.4 Å². The molecule has 6 N–H and O–H groups in total. The van der Waals surface area contributed by atoms with E-state index in [1.807, 2.05) is 152 Å². The van der Waals surface area contributed by atoms with E-state index in [0.29, 0.717) is 52.9 Å². The van der Waals surface area contributed by atoms with Crippen molar-refractivity contribution in [2.24, 2.45) is 9.98 Å². The van der Waals surface area contributed by atoms with Gasteiger partial charge in [0.2, 0.25) is 11.8 Å². The number of aryl methyl sites for hydroxylation is 8. The zero-order valence-corrected chi connectivity index (χ0v) is 81.3. The average Bonchev–Trinajstić information content (AvgIpc) is 1.51. The molecule has 1 unspecified atom stereocenters. The van der Waals surface area contributed by atoms with E-state index in [4.69, 9.17) is 25.2 Å². The van der Waals surface area contributed by atoms with Crippen LogP contribution in [0.3, 0.4) is 0 Å². The molecule has 8 aliphatic rings. The van der Waals surface area contributed by atoms with E-state index in [1.165, 1.54) is 90.2 Å². The first-order chi connectivity index (χ1) is 69.1. The summed E-state index contributed by atoms with van der Waals surface area (Å²) < 4.78 is 176. The number of imide groups is 1. The van der Waals surface area contributed by atoms with E-state index in [2.05, 4.69) is 65.7 Å². The fourth-order valence-electron chi connectivity index (χ4n) is 16.1. The highest BCUT2D eigenvalue weighted by atomic mass is 79.9. The number of ketones is 1. The van der Waals surface area contributed by atoms with Crippen molar-refractivity contribution >= 4 is 121 Å². The quantitative estimate of drug-likeness (QED) is 0.0264. The van der Waals surface area contributed by atoms with Crippen LogP contribution in [-0.2, 0) is 63.8 Å². The Balaban J connectivity index is 0.000000150. The van der Waals surface area contributed by atoms with Crippen LogP contribution < -0.4 is 51.1 Å². The molecule has 8 heterocycles. The molecule has 9 amide bonds. The summed E-state index contributed by atoms with van der Waals surface area (Å²) in [6.45, 7) is 17.4. The second kappa shape index (κ2) is 45.0. The van der Waals surface area contributed by atoms with E-state index < -0.39 is 105 Å². The van der Waals surface area contributed by atoms with Gasteiger partial charge in [-0.05, 0) is 237 Å². The Morgan fingerprint density at radius 1 is 0.425 bits per heavy atom. The average molecular weight is 2080 g/mol. The molecule has 1 atom stereocenters. The summed E-state index contributed by atoms with van der Waals surface area (Å²) in [6, 6.07) is 76.3. The number of halogens is 13. The predicted molar refractivity (Wildman–Crippen MR) is 533 cm³/mol. The number of Topliss-reactive ketones (excluding diaryl/α,β-unsaturated/α-hetero) is 1. The zero-order chi connectivity index (χ0) is 106. The van der Waals surface area contributed by atoms with Gasteiger partial charge in [0, 0.05) is 62.9 Å². The van der Waals surface area contributed by atoms with Crippen molar-refractivity contribution in [3.05, 3.63) is 368 Å². The maximum atomic E-state index is 14.0. The first-order valence-electron chi connectivity index (χ1n) is 45.2. The number of nitrogen functional groups attached to an aromatic ring is 1. The van der Waals surface area contributed by atoms with Gasteiger partial charge in [-0.15, -0.1) is 0 Å². The van der Waals surface area contributed by atoms with Crippen molar-refractivity contribution in [3.8, 4) is 6.07 Å². The number of ether oxygens (including phenoxy) is 4. The molecule has 758 valence electrons. The highest BCUT2D eigenvalue weighted by Gasteiger charge is 2.72. The van der Waals surface area contributed by atoms with E-state index in [1.54, 1.807) is 84.9 Å². The van der Waals surface area contributed by atoms with Gasteiger partial charge in [-0.3, -0.25) is 29.2 Å². The maximum absolute atomic E-state index is 14.0. The number of nitriles is 1. The number of nitrogens with one attached hydrogen (secondary N) is 3. The number of nitrogens with two attached hydrogens (primary N) is 1. The lowest BCUT2D eigenvalue weighted by molar-refractivity contribution is -0.153. The molecule has 12 aromatic rings. The van der Waals surface area contributed by atoms with Gasteiger partial charge in [-0.25, -0.2) is 33.8 Å². The molecule has 0 saturated carbocycles. The Labute approximate surface area is 840 Å². The molecule has 0 aliphatic carbocycles. The second-order valence-corrected chi connectivity index (χ2v) is 36.3. The normalized spacial score (nSPS) is 17.5. The highest BCUT2D eigenvalue weighted by molar-refractivity contribution is 9.10. The van der Waals surface area contributed by atoms with Crippen molar-refractivity contribution in [3.63, 3.8) is 0 Å². The minimum Gasteiger partial charge on any atom is -0.399 e. The van der Waals surface area contributed by atoms with Crippen LogP contribution in [0.4, 0.5) is 129 Å². The molecule has 146 heavy (non-hydrogen) atoms. The largest absolute Gasteiger partial charge is 0.416 e. The third-order valence-corrected chi connectivity index (χ3v) is 24.8. The number of hydrogen-bond acceptors (Lipinski definition) is 17. The third kappa shape index (κ3) is 24.5. The molecule has 12 aromatic carbocycles. The number of anilines is 9. The summed E-state index contributed by atoms with van der Waals surface area (Å²) in [4.78, 5) is 102. The molecule has 0 bridgehead atoms. The smallest absolute Gasteiger partial charge is 0.399 e. The second-order valence-electron chi connectivity index (χ2n) is 35.4. The molecule has 38 heteroatoms. The Kier molecular flexibility index (Phi) is 33.3. The van der Waals surface area contributed by atoms with Crippen molar-refractivity contribution in [2.45, 2.75) is 108 Å². The summed E-state index contributed by atoms with van der Waals surface area (Å²) in [6.07, 6.45) is -16.3. The van der Waals surface area contributed by atoms with Crippen molar-refractivity contribution in [1.29, 1.82) is 5.26 Å². The fourth-order valence-corrected chi connectivity index (χ4v) is 16.6. The van der Waals surface area contributed by atoms with Gasteiger partial charge in [0.05, 0.1) is 85.0 Å². The zero-order valence-electron chi connectivity index (χ0n) is 79.7. The number of aliphatic hydroxyl groups is 1. The molecule has 8 saturated heterocycles. The SMILES string of the molecule is Cc1ccc(N)cc1.Cc1ccc(N2C(=O)N(c3ccc(C(F)(F)F)cc3)C3(COC3)C2(O)c2cccc(C)c2)cc1.Cc1ccc(N2C(=O)N(c3ccc(C(F)(F)F)cc3)C3(COC3)C2=O)cc1.Cc1ccc(N=C=O)cc1.Cc1ccc(NC(=O)N=C2N(c3ccc(C)cc3)C(=O)N(c3ccc(C(F)(F)F)cc3)C23CNC3)cc1.Cc1cccc(Br)c1.N#CC1(Nc2ccc(C(F)(F)F)cc2)COC1.O=C1COC1. The number of rotatable bonds is 11. The number of nitrogens with zero attached hydrogens (tertiary/aromatic N) is 9. The maximum Gasteiger partial charge on any atom is 0.416 e. The summed E-state index contributed by atoms with van der Waals surface area (Å²) in [7, 11) is 0. The number of amidine groups is 1. The number of amides is 9.